The van der Waals surface area contributed by atoms with E-state index in [0.717, 1.165) is 28.8 Å². The van der Waals surface area contributed by atoms with Crippen LogP contribution in [0.1, 0.15) is 31.7 Å². The van der Waals surface area contributed by atoms with Crippen molar-refractivity contribution < 1.29 is 9.59 Å². The quantitative estimate of drug-likeness (QED) is 0.898. The van der Waals surface area contributed by atoms with E-state index in [2.05, 4.69) is 10.3 Å². The summed E-state index contributed by atoms with van der Waals surface area (Å²) in [4.78, 5) is 33.2. The lowest BCUT2D eigenvalue weighted by atomic mass is 10.1. The number of nitrogens with zero attached hydrogens (tertiary/aromatic N) is 4. The molecule has 7 nitrogen and oxygen atoms in total. The largest absolute Gasteiger partial charge is 0.341 e. The second-order valence-electron chi connectivity index (χ2n) is 7.54. The van der Waals surface area contributed by atoms with Crippen LogP contribution in [-0.2, 0) is 18.3 Å². The first-order valence-corrected chi connectivity index (χ1v) is 9.60. The van der Waals surface area contributed by atoms with Gasteiger partial charge in [0.25, 0.3) is 0 Å². The third kappa shape index (κ3) is 4.40. The molecule has 1 aromatic heterocycles. The molecule has 1 aromatic carbocycles. The Bertz CT molecular complexity index is 842. The predicted molar refractivity (Wildman–Crippen MR) is 106 cm³/mol. The van der Waals surface area contributed by atoms with Crippen LogP contribution >= 0.6 is 0 Å². The van der Waals surface area contributed by atoms with Crippen LogP contribution in [0.5, 0.6) is 0 Å². The first-order valence-electron chi connectivity index (χ1n) is 9.60. The van der Waals surface area contributed by atoms with Crippen molar-refractivity contribution in [2.24, 2.45) is 7.05 Å². The summed E-state index contributed by atoms with van der Waals surface area (Å²) in [5, 5.41) is 2.92. The van der Waals surface area contributed by atoms with Gasteiger partial charge >= 0.3 is 6.03 Å². The third-order valence-corrected chi connectivity index (χ3v) is 5.07. The Hall–Kier alpha value is -2.57. The van der Waals surface area contributed by atoms with Gasteiger partial charge in [0.15, 0.2) is 0 Å². The number of hydrogen-bond acceptors (Lipinski definition) is 3. The summed E-state index contributed by atoms with van der Waals surface area (Å²) in [5.41, 5.74) is 2.97. The molecule has 1 N–H and O–H groups in total. The summed E-state index contributed by atoms with van der Waals surface area (Å²) in [7, 11) is 1.99. The van der Waals surface area contributed by atoms with E-state index in [0.29, 0.717) is 32.6 Å². The maximum atomic E-state index is 12.8. The molecule has 0 atom stereocenters. The second kappa shape index (κ2) is 7.98. The highest BCUT2D eigenvalue weighted by Gasteiger charge is 2.22. The van der Waals surface area contributed by atoms with Gasteiger partial charge in [-0.05, 0) is 44.9 Å². The van der Waals surface area contributed by atoms with E-state index in [-0.39, 0.29) is 18.0 Å². The molecule has 2 aromatic rings. The highest BCUT2D eigenvalue weighted by molar-refractivity contribution is 5.82. The fraction of sp³-hybridized carbons (Fsp3) is 0.550. The van der Waals surface area contributed by atoms with Crippen molar-refractivity contribution >= 4 is 23.0 Å². The number of nitrogens with one attached hydrogen (secondary N) is 1. The monoisotopic (exact) mass is 371 g/mol. The van der Waals surface area contributed by atoms with E-state index in [1.165, 1.54) is 0 Å². The van der Waals surface area contributed by atoms with E-state index in [1.54, 1.807) is 4.90 Å². The zero-order chi connectivity index (χ0) is 19.6. The first kappa shape index (κ1) is 19.2. The zero-order valence-electron chi connectivity index (χ0n) is 16.7. The Kier molecular flexibility index (Phi) is 5.68. The minimum Gasteiger partial charge on any atom is -0.341 e. The molecule has 0 unspecified atom stereocenters. The lowest BCUT2D eigenvalue weighted by Crippen LogP contribution is -2.45. The second-order valence-corrected chi connectivity index (χ2v) is 7.54. The first-order chi connectivity index (χ1) is 12.8. The lowest BCUT2D eigenvalue weighted by molar-refractivity contribution is -0.130. The van der Waals surface area contributed by atoms with E-state index in [9.17, 15) is 9.59 Å². The van der Waals surface area contributed by atoms with Gasteiger partial charge in [0.1, 0.15) is 5.82 Å². The van der Waals surface area contributed by atoms with Crippen molar-refractivity contribution in [2.45, 2.75) is 39.7 Å². The van der Waals surface area contributed by atoms with Gasteiger partial charge in [-0.25, -0.2) is 9.78 Å². The Morgan fingerprint density at radius 3 is 2.59 bits per heavy atom. The molecule has 3 rings (SSSR count). The van der Waals surface area contributed by atoms with Gasteiger partial charge in [0.05, 0.1) is 17.5 Å². The van der Waals surface area contributed by atoms with Gasteiger partial charge in [-0.1, -0.05) is 6.07 Å². The van der Waals surface area contributed by atoms with Gasteiger partial charge < -0.3 is 19.7 Å². The number of amides is 3. The molecule has 27 heavy (non-hydrogen) atoms. The standard InChI is InChI=1S/C20H29N5O2/c1-14(2)21-20(27)25-9-5-8-24(10-11-25)19(26)13-16-6-7-18-17(12-16)22-15(3)23(18)4/h6-7,12,14H,5,8-11,13H2,1-4H3,(H,21,27). The highest BCUT2D eigenvalue weighted by Crippen LogP contribution is 2.17. The van der Waals surface area contributed by atoms with Crippen LogP contribution < -0.4 is 5.32 Å². The number of carbonyl (C=O) groups is 2. The number of imidazole rings is 1. The van der Waals surface area contributed by atoms with Gasteiger partial charge in [-0.3, -0.25) is 4.79 Å². The SMILES string of the molecule is Cc1nc2cc(CC(=O)N3CCCN(C(=O)NC(C)C)CC3)ccc2n1C. The summed E-state index contributed by atoms with van der Waals surface area (Å²) in [5.74, 6) is 1.06. The molecular weight excluding hydrogens is 342 g/mol. The number of fused-ring (bicyclic) bond motifs is 1. The maximum Gasteiger partial charge on any atom is 0.317 e. The summed E-state index contributed by atoms with van der Waals surface area (Å²) in [6.45, 7) is 8.40. The van der Waals surface area contributed by atoms with Crippen LogP contribution in [0, 0.1) is 6.92 Å². The highest BCUT2D eigenvalue weighted by atomic mass is 16.2. The average Bonchev–Trinajstić information content (AvgIpc) is 2.79. The Morgan fingerprint density at radius 2 is 1.85 bits per heavy atom. The number of urea groups is 1. The number of aryl methyl sites for hydroxylation is 2. The molecule has 2 heterocycles. The predicted octanol–water partition coefficient (Wildman–Crippen LogP) is 2.08. The molecule has 146 valence electrons. The molecule has 0 saturated carbocycles. The van der Waals surface area contributed by atoms with Crippen LogP contribution in [0.25, 0.3) is 11.0 Å². The summed E-state index contributed by atoms with van der Waals surface area (Å²) in [6.07, 6.45) is 1.17. The van der Waals surface area contributed by atoms with E-state index < -0.39 is 0 Å². The number of hydrogen-bond donors (Lipinski definition) is 1. The number of carbonyl (C=O) groups excluding carboxylic acids is 2. The van der Waals surface area contributed by atoms with Crippen molar-refractivity contribution in [3.63, 3.8) is 0 Å². The van der Waals surface area contributed by atoms with Crippen molar-refractivity contribution in [3.05, 3.63) is 29.6 Å². The Morgan fingerprint density at radius 1 is 1.15 bits per heavy atom. The molecule has 1 saturated heterocycles. The summed E-state index contributed by atoms with van der Waals surface area (Å²) >= 11 is 0. The van der Waals surface area contributed by atoms with Crippen molar-refractivity contribution in [1.82, 2.24) is 24.7 Å². The number of benzene rings is 1. The molecule has 7 heteroatoms. The third-order valence-electron chi connectivity index (χ3n) is 5.07. The molecule has 3 amide bonds. The zero-order valence-corrected chi connectivity index (χ0v) is 16.7. The molecule has 0 aliphatic carbocycles. The van der Waals surface area contributed by atoms with Crippen LogP contribution in [0.2, 0.25) is 0 Å². The molecule has 1 aliphatic heterocycles. The Balaban J connectivity index is 1.62. The van der Waals surface area contributed by atoms with Crippen LogP contribution in [0.3, 0.4) is 0 Å². The van der Waals surface area contributed by atoms with Gasteiger partial charge in [0, 0.05) is 39.3 Å². The van der Waals surface area contributed by atoms with Crippen LogP contribution in [-0.4, -0.2) is 63.5 Å². The van der Waals surface area contributed by atoms with E-state index >= 15 is 0 Å². The minimum atomic E-state index is -0.0460. The summed E-state index contributed by atoms with van der Waals surface area (Å²) in [6, 6.07) is 6.10. The fourth-order valence-corrected chi connectivity index (χ4v) is 3.47. The summed E-state index contributed by atoms with van der Waals surface area (Å²) < 4.78 is 2.05. The maximum absolute atomic E-state index is 12.8. The van der Waals surface area contributed by atoms with Crippen molar-refractivity contribution in [3.8, 4) is 0 Å². The molecule has 1 fully saturated rings. The normalized spacial score (nSPS) is 15.3. The number of aromatic nitrogens is 2. The van der Waals surface area contributed by atoms with Gasteiger partial charge in [-0.2, -0.15) is 0 Å². The fourth-order valence-electron chi connectivity index (χ4n) is 3.47. The Labute approximate surface area is 160 Å². The smallest absolute Gasteiger partial charge is 0.317 e. The molecule has 0 spiro atoms. The molecule has 1 aliphatic rings. The molecular formula is C20H29N5O2. The van der Waals surface area contributed by atoms with Gasteiger partial charge in [0.2, 0.25) is 5.91 Å². The van der Waals surface area contributed by atoms with Crippen LogP contribution in [0.15, 0.2) is 18.2 Å². The van der Waals surface area contributed by atoms with Crippen molar-refractivity contribution in [2.75, 3.05) is 26.2 Å². The van der Waals surface area contributed by atoms with Gasteiger partial charge in [-0.15, -0.1) is 0 Å². The molecule has 0 bridgehead atoms. The van der Waals surface area contributed by atoms with E-state index in [1.807, 2.05) is 55.5 Å². The molecule has 0 radical (unpaired) electrons. The lowest BCUT2D eigenvalue weighted by Gasteiger charge is -2.23. The van der Waals surface area contributed by atoms with Crippen molar-refractivity contribution in [1.29, 1.82) is 0 Å². The van der Waals surface area contributed by atoms with E-state index in [4.69, 9.17) is 0 Å². The topological polar surface area (TPSA) is 70.5 Å². The number of rotatable bonds is 3. The average molecular weight is 371 g/mol. The minimum absolute atomic E-state index is 0.0460. The van der Waals surface area contributed by atoms with Crippen LogP contribution in [0.4, 0.5) is 4.79 Å².